The first-order valence-corrected chi connectivity index (χ1v) is 10.4. The van der Waals surface area contributed by atoms with Crippen LogP contribution in [0.4, 0.5) is 29.7 Å². The van der Waals surface area contributed by atoms with Crippen molar-refractivity contribution >= 4 is 28.9 Å². The van der Waals surface area contributed by atoms with Gasteiger partial charge < -0.3 is 19.9 Å². The van der Waals surface area contributed by atoms with Crippen LogP contribution in [0.5, 0.6) is 5.75 Å². The molecule has 1 amide bonds. The van der Waals surface area contributed by atoms with Gasteiger partial charge in [-0.1, -0.05) is 25.5 Å². The third kappa shape index (κ3) is 5.47. The highest BCUT2D eigenvalue weighted by Crippen LogP contribution is 2.36. The van der Waals surface area contributed by atoms with Gasteiger partial charge in [0.25, 0.3) is 0 Å². The molecule has 34 heavy (non-hydrogen) atoms. The highest BCUT2D eigenvalue weighted by Gasteiger charge is 2.39. The van der Waals surface area contributed by atoms with Crippen LogP contribution in [0.15, 0.2) is 18.2 Å². The topological polar surface area (TPSA) is 123 Å². The molecule has 0 saturated heterocycles. The number of fused-ring (bicyclic) bond motifs is 1. The van der Waals surface area contributed by atoms with E-state index in [4.69, 9.17) is 4.74 Å². The van der Waals surface area contributed by atoms with E-state index in [-0.39, 0.29) is 30.4 Å². The number of rotatable bonds is 9. The first-order chi connectivity index (χ1) is 16.2. The van der Waals surface area contributed by atoms with Crippen molar-refractivity contribution < 1.29 is 32.5 Å². The third-order valence-electron chi connectivity index (χ3n) is 4.93. The molecule has 3 N–H and O–H groups in total. The van der Waals surface area contributed by atoms with E-state index in [0.717, 1.165) is 24.6 Å². The van der Waals surface area contributed by atoms with E-state index in [0.29, 0.717) is 23.4 Å². The third-order valence-corrected chi connectivity index (χ3v) is 4.93. The lowest BCUT2D eigenvalue weighted by molar-refractivity contribution is -0.140. The molecule has 0 unspecified atom stereocenters. The zero-order valence-electron chi connectivity index (χ0n) is 18.9. The number of carbonyl (C=O) groups excluding carboxylic acids is 1. The minimum absolute atomic E-state index is 0.0205. The van der Waals surface area contributed by atoms with E-state index >= 15 is 0 Å². The molecule has 3 aromatic rings. The molecule has 0 radical (unpaired) electrons. The number of halogens is 3. The summed E-state index contributed by atoms with van der Waals surface area (Å²) in [6, 6.07) is 4.88. The Kier molecular flexibility index (Phi) is 7.76. The van der Waals surface area contributed by atoms with E-state index in [2.05, 4.69) is 30.4 Å². The summed E-state index contributed by atoms with van der Waals surface area (Å²) in [7, 11) is 2.54. The Morgan fingerprint density at radius 3 is 2.62 bits per heavy atom. The summed E-state index contributed by atoms with van der Waals surface area (Å²) in [6.45, 7) is 2.10. The highest BCUT2D eigenvalue weighted by molar-refractivity contribution is 5.91. The molecule has 3 rings (SSSR count). The first-order valence-electron chi connectivity index (χ1n) is 10.4. The SMILES string of the molecule is CCCCNc1nc(NC(=O)OC)nc2c(C(F)(F)F)nn(Cc3ccc(CO)cc3OC)c12. The van der Waals surface area contributed by atoms with Crippen LogP contribution in [0, 0.1) is 0 Å². The molecule has 0 fully saturated rings. The number of hydrogen-bond donors (Lipinski definition) is 3. The van der Waals surface area contributed by atoms with Gasteiger partial charge in [-0.05, 0) is 18.1 Å². The van der Waals surface area contributed by atoms with Crippen LogP contribution < -0.4 is 15.4 Å². The van der Waals surface area contributed by atoms with Crippen molar-refractivity contribution in [1.82, 2.24) is 19.7 Å². The fourth-order valence-electron chi connectivity index (χ4n) is 3.27. The largest absolute Gasteiger partial charge is 0.496 e. The van der Waals surface area contributed by atoms with Crippen molar-refractivity contribution in [1.29, 1.82) is 0 Å². The number of alkyl halides is 3. The summed E-state index contributed by atoms with van der Waals surface area (Å²) < 4.78 is 52.7. The Hall–Kier alpha value is -3.61. The fraction of sp³-hybridized carbons (Fsp3) is 0.429. The van der Waals surface area contributed by atoms with Gasteiger partial charge in [-0.2, -0.15) is 23.3 Å². The number of ether oxygens (including phenoxy) is 2. The Morgan fingerprint density at radius 2 is 2.00 bits per heavy atom. The maximum atomic E-state index is 13.9. The van der Waals surface area contributed by atoms with Crippen molar-refractivity contribution in [3.05, 3.63) is 35.0 Å². The van der Waals surface area contributed by atoms with Crippen LogP contribution in [0.2, 0.25) is 0 Å². The Morgan fingerprint density at radius 1 is 1.24 bits per heavy atom. The van der Waals surface area contributed by atoms with Crippen LogP contribution in [-0.2, 0) is 24.1 Å². The second-order valence-electron chi connectivity index (χ2n) is 7.30. The molecule has 0 aliphatic carbocycles. The number of methoxy groups -OCH3 is 2. The molecule has 2 heterocycles. The number of anilines is 2. The van der Waals surface area contributed by atoms with Crippen molar-refractivity contribution in [3.8, 4) is 5.75 Å². The average molecular weight is 482 g/mol. The van der Waals surface area contributed by atoms with Crippen LogP contribution in [0.3, 0.4) is 0 Å². The van der Waals surface area contributed by atoms with Gasteiger partial charge in [-0.3, -0.25) is 10.00 Å². The number of benzene rings is 1. The lowest BCUT2D eigenvalue weighted by atomic mass is 10.1. The summed E-state index contributed by atoms with van der Waals surface area (Å²) >= 11 is 0. The Labute approximate surface area is 193 Å². The average Bonchev–Trinajstić information content (AvgIpc) is 3.18. The summed E-state index contributed by atoms with van der Waals surface area (Å²) in [5.41, 5.74) is -0.548. The monoisotopic (exact) mass is 482 g/mol. The van der Waals surface area contributed by atoms with Gasteiger partial charge >= 0.3 is 12.3 Å². The number of hydrogen-bond acceptors (Lipinski definition) is 8. The van der Waals surface area contributed by atoms with E-state index in [1.54, 1.807) is 18.2 Å². The second kappa shape index (κ2) is 10.5. The van der Waals surface area contributed by atoms with Crippen LogP contribution in [-0.4, -0.2) is 51.7 Å². The van der Waals surface area contributed by atoms with Crippen molar-refractivity contribution in [2.75, 3.05) is 31.4 Å². The summed E-state index contributed by atoms with van der Waals surface area (Å²) in [4.78, 5) is 19.8. The lowest BCUT2D eigenvalue weighted by Gasteiger charge is -2.13. The summed E-state index contributed by atoms with van der Waals surface area (Å²) in [6.07, 6.45) is -4.15. The molecule has 0 bridgehead atoms. The number of amides is 1. The summed E-state index contributed by atoms with van der Waals surface area (Å²) in [5, 5.41) is 18.4. The predicted molar refractivity (Wildman–Crippen MR) is 118 cm³/mol. The van der Waals surface area contributed by atoms with E-state index in [1.807, 2.05) is 6.92 Å². The van der Waals surface area contributed by atoms with Crippen molar-refractivity contribution in [2.45, 2.75) is 39.1 Å². The number of aliphatic hydroxyl groups excluding tert-OH is 1. The van der Waals surface area contributed by atoms with E-state index < -0.39 is 23.5 Å². The number of aliphatic hydroxyl groups is 1. The number of nitrogens with one attached hydrogen (secondary N) is 2. The normalized spacial score (nSPS) is 11.5. The zero-order chi connectivity index (χ0) is 24.9. The smallest absolute Gasteiger partial charge is 0.437 e. The van der Waals surface area contributed by atoms with Gasteiger partial charge in [-0.25, -0.2) is 9.78 Å². The van der Waals surface area contributed by atoms with Crippen LogP contribution >= 0.6 is 0 Å². The van der Waals surface area contributed by atoms with Gasteiger partial charge in [0.2, 0.25) is 5.95 Å². The van der Waals surface area contributed by atoms with E-state index in [1.165, 1.54) is 7.11 Å². The number of nitrogens with zero attached hydrogens (tertiary/aromatic N) is 4. The van der Waals surface area contributed by atoms with Crippen molar-refractivity contribution in [2.24, 2.45) is 0 Å². The van der Waals surface area contributed by atoms with Gasteiger partial charge in [-0.15, -0.1) is 0 Å². The van der Waals surface area contributed by atoms with Gasteiger partial charge in [0, 0.05) is 12.1 Å². The highest BCUT2D eigenvalue weighted by atomic mass is 19.4. The molecule has 184 valence electrons. The molecular formula is C21H25F3N6O4. The van der Waals surface area contributed by atoms with Gasteiger partial charge in [0.15, 0.2) is 11.5 Å². The zero-order valence-corrected chi connectivity index (χ0v) is 18.9. The number of unbranched alkanes of at least 4 members (excludes halogenated alkanes) is 1. The second-order valence-corrected chi connectivity index (χ2v) is 7.30. The minimum Gasteiger partial charge on any atom is -0.496 e. The predicted octanol–water partition coefficient (Wildman–Crippen LogP) is 3.78. The molecule has 13 heteroatoms. The molecule has 0 aliphatic rings. The lowest BCUT2D eigenvalue weighted by Crippen LogP contribution is -2.16. The number of aromatic nitrogens is 4. The molecule has 0 saturated carbocycles. The molecule has 0 aliphatic heterocycles. The fourth-order valence-corrected chi connectivity index (χ4v) is 3.27. The minimum atomic E-state index is -4.81. The molecule has 10 nitrogen and oxygen atoms in total. The molecule has 0 spiro atoms. The maximum absolute atomic E-state index is 13.9. The molecule has 0 atom stereocenters. The molecular weight excluding hydrogens is 457 g/mol. The molecule has 1 aromatic carbocycles. The van der Waals surface area contributed by atoms with Gasteiger partial charge in [0.1, 0.15) is 16.8 Å². The Balaban J connectivity index is 2.20. The Bertz CT molecular complexity index is 1170. The van der Waals surface area contributed by atoms with E-state index in [9.17, 15) is 23.1 Å². The van der Waals surface area contributed by atoms with Gasteiger partial charge in [0.05, 0.1) is 27.4 Å². The van der Waals surface area contributed by atoms with Crippen LogP contribution in [0.25, 0.3) is 11.0 Å². The number of carbonyl (C=O) groups is 1. The molecule has 2 aromatic heterocycles. The van der Waals surface area contributed by atoms with Crippen LogP contribution in [0.1, 0.15) is 36.6 Å². The standard InChI is InChI=1S/C21H25F3N6O4/c1-4-5-8-25-18-16-15(26-19(27-18)28-20(32)34-3)17(21(22,23)24)29-30(16)10-13-7-6-12(11-31)9-14(13)33-2/h6-7,9,31H,4-5,8,10-11H2,1-3H3,(H2,25,26,27,28,32). The summed E-state index contributed by atoms with van der Waals surface area (Å²) in [5.74, 6) is 0.112. The quantitative estimate of drug-likeness (QED) is 0.394. The van der Waals surface area contributed by atoms with Crippen molar-refractivity contribution in [3.63, 3.8) is 0 Å². The first kappa shape index (κ1) is 25.0. The maximum Gasteiger partial charge on any atom is 0.437 e.